The van der Waals surface area contributed by atoms with Crippen LogP contribution in [0.1, 0.15) is 49.1 Å². The number of rotatable bonds is 3. The molecule has 2 N–H and O–H groups in total. The Labute approximate surface area is 127 Å². The lowest BCUT2D eigenvalue weighted by Gasteiger charge is -2.26. The minimum Gasteiger partial charge on any atom is -0.324 e. The lowest BCUT2D eigenvalue weighted by molar-refractivity contribution is 0.567. The third-order valence-corrected chi connectivity index (χ3v) is 3.92. The van der Waals surface area contributed by atoms with Crippen LogP contribution >= 0.6 is 0 Å². The van der Waals surface area contributed by atoms with Gasteiger partial charge in [-0.25, -0.2) is 4.39 Å². The van der Waals surface area contributed by atoms with Gasteiger partial charge in [0.1, 0.15) is 5.82 Å². The molecule has 0 saturated heterocycles. The largest absolute Gasteiger partial charge is 0.324 e. The standard InChI is InChI=1S/C19H24FN/c1-13-9-10-15(20)11-14(13)12-18(21)16-7-5-6-8-17(16)19(2,3)4/h5-11,18H,12,21H2,1-4H3. The lowest BCUT2D eigenvalue weighted by Crippen LogP contribution is -2.21. The summed E-state index contributed by atoms with van der Waals surface area (Å²) in [6.07, 6.45) is 0.649. The van der Waals surface area contributed by atoms with Gasteiger partial charge in [0.25, 0.3) is 0 Å². The van der Waals surface area contributed by atoms with E-state index in [0.717, 1.165) is 16.7 Å². The van der Waals surface area contributed by atoms with Crippen LogP contribution in [-0.2, 0) is 11.8 Å². The van der Waals surface area contributed by atoms with Gasteiger partial charge in [-0.3, -0.25) is 0 Å². The molecule has 0 amide bonds. The summed E-state index contributed by atoms with van der Waals surface area (Å²) in [6.45, 7) is 8.56. The van der Waals surface area contributed by atoms with E-state index < -0.39 is 0 Å². The summed E-state index contributed by atoms with van der Waals surface area (Å²) in [7, 11) is 0. The molecule has 0 radical (unpaired) electrons. The number of hydrogen-bond acceptors (Lipinski definition) is 1. The van der Waals surface area contributed by atoms with E-state index in [4.69, 9.17) is 5.73 Å². The first-order valence-corrected chi connectivity index (χ1v) is 7.39. The van der Waals surface area contributed by atoms with Crippen molar-refractivity contribution >= 4 is 0 Å². The molecule has 112 valence electrons. The monoisotopic (exact) mass is 285 g/mol. The van der Waals surface area contributed by atoms with Crippen molar-refractivity contribution in [2.24, 2.45) is 5.73 Å². The van der Waals surface area contributed by atoms with E-state index in [1.807, 2.05) is 25.1 Å². The van der Waals surface area contributed by atoms with Crippen LogP contribution < -0.4 is 5.73 Å². The molecule has 0 saturated carbocycles. The normalized spacial score (nSPS) is 13.2. The second-order valence-corrected chi connectivity index (χ2v) is 6.72. The van der Waals surface area contributed by atoms with Crippen LogP contribution in [0.4, 0.5) is 4.39 Å². The van der Waals surface area contributed by atoms with Crippen LogP contribution in [-0.4, -0.2) is 0 Å². The fourth-order valence-electron chi connectivity index (χ4n) is 2.71. The Morgan fingerprint density at radius 1 is 1.10 bits per heavy atom. The minimum absolute atomic E-state index is 0.0468. The molecule has 1 unspecified atom stereocenters. The van der Waals surface area contributed by atoms with Gasteiger partial charge in [-0.05, 0) is 53.1 Å². The van der Waals surface area contributed by atoms with Crippen molar-refractivity contribution < 1.29 is 4.39 Å². The maximum atomic E-state index is 13.4. The Bertz CT molecular complexity index is 626. The number of nitrogens with two attached hydrogens (primary N) is 1. The Balaban J connectivity index is 2.33. The zero-order chi connectivity index (χ0) is 15.6. The zero-order valence-electron chi connectivity index (χ0n) is 13.3. The first-order chi connectivity index (χ1) is 9.79. The van der Waals surface area contributed by atoms with E-state index in [1.165, 1.54) is 11.6 Å². The lowest BCUT2D eigenvalue weighted by atomic mass is 9.81. The van der Waals surface area contributed by atoms with Gasteiger partial charge in [0.2, 0.25) is 0 Å². The SMILES string of the molecule is Cc1ccc(F)cc1CC(N)c1ccccc1C(C)(C)C. The number of benzene rings is 2. The third kappa shape index (κ3) is 3.70. The Kier molecular flexibility index (Phi) is 4.48. The number of aryl methyl sites for hydroxylation is 1. The maximum Gasteiger partial charge on any atom is 0.123 e. The topological polar surface area (TPSA) is 26.0 Å². The third-order valence-electron chi connectivity index (χ3n) is 3.92. The van der Waals surface area contributed by atoms with E-state index in [9.17, 15) is 4.39 Å². The second-order valence-electron chi connectivity index (χ2n) is 6.72. The van der Waals surface area contributed by atoms with Gasteiger partial charge < -0.3 is 5.73 Å². The quantitative estimate of drug-likeness (QED) is 0.871. The molecule has 0 spiro atoms. The summed E-state index contributed by atoms with van der Waals surface area (Å²) in [6, 6.07) is 13.1. The Morgan fingerprint density at radius 2 is 1.76 bits per heavy atom. The predicted octanol–water partition coefficient (Wildman–Crippen LogP) is 4.67. The molecular formula is C19H24FN. The highest BCUT2D eigenvalue weighted by Gasteiger charge is 2.21. The summed E-state index contributed by atoms with van der Waals surface area (Å²) in [5.41, 5.74) is 10.9. The van der Waals surface area contributed by atoms with E-state index in [2.05, 4.69) is 32.9 Å². The van der Waals surface area contributed by atoms with Crippen molar-refractivity contribution in [2.75, 3.05) is 0 Å². The van der Waals surface area contributed by atoms with Crippen molar-refractivity contribution in [2.45, 2.75) is 45.6 Å². The molecule has 0 bridgehead atoms. The molecule has 0 aromatic heterocycles. The zero-order valence-corrected chi connectivity index (χ0v) is 13.3. The summed E-state index contributed by atoms with van der Waals surface area (Å²) < 4.78 is 13.4. The highest BCUT2D eigenvalue weighted by Crippen LogP contribution is 2.30. The van der Waals surface area contributed by atoms with Gasteiger partial charge in [0.05, 0.1) is 0 Å². The van der Waals surface area contributed by atoms with E-state index in [-0.39, 0.29) is 17.3 Å². The first kappa shape index (κ1) is 15.7. The molecule has 1 nitrogen and oxygen atoms in total. The van der Waals surface area contributed by atoms with Gasteiger partial charge in [-0.2, -0.15) is 0 Å². The maximum absolute atomic E-state index is 13.4. The average molecular weight is 285 g/mol. The van der Waals surface area contributed by atoms with Crippen LogP contribution in [0.2, 0.25) is 0 Å². The molecule has 0 aliphatic rings. The van der Waals surface area contributed by atoms with E-state index >= 15 is 0 Å². The van der Waals surface area contributed by atoms with Gasteiger partial charge in [0.15, 0.2) is 0 Å². The average Bonchev–Trinajstić information content (AvgIpc) is 2.42. The second kappa shape index (κ2) is 5.98. The fourth-order valence-corrected chi connectivity index (χ4v) is 2.71. The number of hydrogen-bond donors (Lipinski definition) is 1. The summed E-state index contributed by atoms with van der Waals surface area (Å²) in [5.74, 6) is -0.202. The minimum atomic E-state index is -0.202. The predicted molar refractivity (Wildman–Crippen MR) is 86.9 cm³/mol. The molecule has 21 heavy (non-hydrogen) atoms. The molecule has 2 aromatic carbocycles. The molecule has 2 aromatic rings. The highest BCUT2D eigenvalue weighted by molar-refractivity contribution is 5.37. The molecule has 0 aliphatic carbocycles. The Morgan fingerprint density at radius 3 is 2.43 bits per heavy atom. The van der Waals surface area contributed by atoms with Crippen molar-refractivity contribution in [1.82, 2.24) is 0 Å². The summed E-state index contributed by atoms with van der Waals surface area (Å²) in [5, 5.41) is 0. The smallest absolute Gasteiger partial charge is 0.123 e. The molecule has 0 aliphatic heterocycles. The molecule has 2 heteroatoms. The summed E-state index contributed by atoms with van der Waals surface area (Å²) in [4.78, 5) is 0. The van der Waals surface area contributed by atoms with Crippen LogP contribution in [0.15, 0.2) is 42.5 Å². The molecule has 0 fully saturated rings. The Hall–Kier alpha value is -1.67. The molecular weight excluding hydrogens is 261 g/mol. The van der Waals surface area contributed by atoms with Crippen molar-refractivity contribution in [3.05, 3.63) is 70.5 Å². The van der Waals surface area contributed by atoms with Crippen LogP contribution in [0, 0.1) is 12.7 Å². The van der Waals surface area contributed by atoms with Gasteiger partial charge in [-0.15, -0.1) is 0 Å². The van der Waals surface area contributed by atoms with Crippen LogP contribution in [0.3, 0.4) is 0 Å². The van der Waals surface area contributed by atoms with Crippen LogP contribution in [0.5, 0.6) is 0 Å². The van der Waals surface area contributed by atoms with Crippen molar-refractivity contribution in [3.63, 3.8) is 0 Å². The molecule has 1 atom stereocenters. The van der Waals surface area contributed by atoms with Gasteiger partial charge in [-0.1, -0.05) is 51.1 Å². The highest BCUT2D eigenvalue weighted by atomic mass is 19.1. The molecule has 2 rings (SSSR count). The van der Waals surface area contributed by atoms with Gasteiger partial charge >= 0.3 is 0 Å². The van der Waals surface area contributed by atoms with Crippen molar-refractivity contribution in [3.8, 4) is 0 Å². The van der Waals surface area contributed by atoms with Gasteiger partial charge in [0, 0.05) is 6.04 Å². The fraction of sp³-hybridized carbons (Fsp3) is 0.368. The summed E-state index contributed by atoms with van der Waals surface area (Å²) >= 11 is 0. The van der Waals surface area contributed by atoms with E-state index in [1.54, 1.807) is 6.07 Å². The first-order valence-electron chi connectivity index (χ1n) is 7.39. The van der Waals surface area contributed by atoms with E-state index in [0.29, 0.717) is 6.42 Å². The van der Waals surface area contributed by atoms with Crippen LogP contribution in [0.25, 0.3) is 0 Å². The molecule has 0 heterocycles. The van der Waals surface area contributed by atoms with Crippen molar-refractivity contribution in [1.29, 1.82) is 0 Å². The number of halogens is 1.